The van der Waals surface area contributed by atoms with E-state index in [-0.39, 0.29) is 18.2 Å². The third-order valence-electron chi connectivity index (χ3n) is 4.16. The van der Waals surface area contributed by atoms with Crippen LogP contribution in [0.15, 0.2) is 66.9 Å². The number of benzene rings is 2. The van der Waals surface area contributed by atoms with Crippen LogP contribution in [0.1, 0.15) is 12.5 Å². The Morgan fingerprint density at radius 1 is 1.08 bits per heavy atom. The van der Waals surface area contributed by atoms with E-state index in [4.69, 9.17) is 0 Å². The molecule has 1 aromatic heterocycles. The lowest BCUT2D eigenvalue weighted by Crippen LogP contribution is -2.35. The topological polar surface area (TPSA) is 76.0 Å². The summed E-state index contributed by atoms with van der Waals surface area (Å²) < 4.78 is 1.59. The summed E-state index contributed by atoms with van der Waals surface area (Å²) in [5.41, 5.74) is 2.43. The molecular formula is C19H16N4O2. The zero-order valence-electron chi connectivity index (χ0n) is 13.3. The second-order valence-electron chi connectivity index (χ2n) is 5.84. The molecule has 1 aliphatic heterocycles. The molecule has 0 fully saturated rings. The lowest BCUT2D eigenvalue weighted by atomic mass is 10.1. The van der Waals surface area contributed by atoms with Crippen LogP contribution in [-0.2, 0) is 9.59 Å². The molecule has 1 atom stereocenters. The molecular weight excluding hydrogens is 316 g/mol. The van der Waals surface area contributed by atoms with Crippen LogP contribution in [0.4, 0.5) is 11.5 Å². The molecule has 1 aliphatic rings. The number of nitrogens with zero attached hydrogens (tertiary/aromatic N) is 2. The average molecular weight is 332 g/mol. The van der Waals surface area contributed by atoms with Crippen LogP contribution in [0.3, 0.4) is 0 Å². The SMILES string of the molecule is O=C1C[C@H](C(=O)Nc2ccccc2)n2ncc(-c3ccccc3)c2N1. The van der Waals surface area contributed by atoms with Crippen molar-refractivity contribution in [3.8, 4) is 11.1 Å². The number of anilines is 2. The largest absolute Gasteiger partial charge is 0.324 e. The van der Waals surface area contributed by atoms with Gasteiger partial charge in [-0.3, -0.25) is 9.59 Å². The molecule has 2 amide bonds. The second-order valence-corrected chi connectivity index (χ2v) is 5.84. The highest BCUT2D eigenvalue weighted by Gasteiger charge is 2.33. The minimum atomic E-state index is -0.679. The molecule has 6 heteroatoms. The first-order valence-electron chi connectivity index (χ1n) is 8.01. The van der Waals surface area contributed by atoms with Crippen molar-refractivity contribution in [2.24, 2.45) is 0 Å². The molecule has 0 unspecified atom stereocenters. The normalized spacial score (nSPS) is 16.0. The number of nitrogens with one attached hydrogen (secondary N) is 2. The number of carbonyl (C=O) groups excluding carboxylic acids is 2. The van der Waals surface area contributed by atoms with Crippen LogP contribution >= 0.6 is 0 Å². The maximum atomic E-state index is 12.7. The quantitative estimate of drug-likeness (QED) is 0.774. The fourth-order valence-electron chi connectivity index (χ4n) is 2.95. The van der Waals surface area contributed by atoms with Crippen molar-refractivity contribution in [3.63, 3.8) is 0 Å². The number of carbonyl (C=O) groups is 2. The number of fused-ring (bicyclic) bond motifs is 1. The zero-order chi connectivity index (χ0) is 17.2. The summed E-state index contributed by atoms with van der Waals surface area (Å²) >= 11 is 0. The van der Waals surface area contributed by atoms with Crippen molar-refractivity contribution in [2.45, 2.75) is 12.5 Å². The molecule has 0 radical (unpaired) electrons. The van der Waals surface area contributed by atoms with E-state index < -0.39 is 6.04 Å². The monoisotopic (exact) mass is 332 g/mol. The standard InChI is InChI=1S/C19H16N4O2/c24-17-11-16(19(25)21-14-9-5-2-6-10-14)23-18(22-17)15(12-20-23)13-7-3-1-4-8-13/h1-10,12,16H,11H2,(H,21,25)(H,22,24)/t16-/m1/s1. The van der Waals surface area contributed by atoms with Crippen LogP contribution in [0.5, 0.6) is 0 Å². The predicted molar refractivity (Wildman–Crippen MR) is 95.0 cm³/mol. The van der Waals surface area contributed by atoms with Gasteiger partial charge < -0.3 is 10.6 Å². The molecule has 0 spiro atoms. The van der Waals surface area contributed by atoms with Crippen molar-refractivity contribution >= 4 is 23.3 Å². The Morgan fingerprint density at radius 3 is 2.48 bits per heavy atom. The van der Waals surface area contributed by atoms with Crippen molar-refractivity contribution in [1.82, 2.24) is 9.78 Å². The molecule has 2 aromatic carbocycles. The summed E-state index contributed by atoms with van der Waals surface area (Å²) in [6, 6.07) is 18.1. The van der Waals surface area contributed by atoms with Gasteiger partial charge in [-0.05, 0) is 17.7 Å². The van der Waals surface area contributed by atoms with Crippen LogP contribution in [0.25, 0.3) is 11.1 Å². The van der Waals surface area contributed by atoms with Crippen molar-refractivity contribution in [3.05, 3.63) is 66.9 Å². The van der Waals surface area contributed by atoms with Gasteiger partial charge in [0, 0.05) is 11.3 Å². The zero-order valence-corrected chi connectivity index (χ0v) is 13.3. The van der Waals surface area contributed by atoms with E-state index in [9.17, 15) is 9.59 Å². The fourth-order valence-corrected chi connectivity index (χ4v) is 2.95. The van der Waals surface area contributed by atoms with Gasteiger partial charge >= 0.3 is 0 Å². The average Bonchev–Trinajstić information content (AvgIpc) is 3.06. The Morgan fingerprint density at radius 2 is 1.76 bits per heavy atom. The van der Waals surface area contributed by atoms with Crippen molar-refractivity contribution in [1.29, 1.82) is 0 Å². The first kappa shape index (κ1) is 15.1. The summed E-state index contributed by atoms with van der Waals surface area (Å²) in [5, 5.41) is 10.0. The first-order chi connectivity index (χ1) is 12.2. The molecule has 6 nitrogen and oxygen atoms in total. The number of amides is 2. The van der Waals surface area contributed by atoms with Gasteiger partial charge in [-0.25, -0.2) is 4.68 Å². The van der Waals surface area contributed by atoms with Crippen molar-refractivity contribution < 1.29 is 9.59 Å². The highest BCUT2D eigenvalue weighted by Crippen LogP contribution is 2.34. The number of hydrogen-bond donors (Lipinski definition) is 2. The number of aromatic nitrogens is 2. The van der Waals surface area contributed by atoms with E-state index in [1.807, 2.05) is 48.5 Å². The number of hydrogen-bond acceptors (Lipinski definition) is 3. The van der Waals surface area contributed by atoms with E-state index in [2.05, 4.69) is 15.7 Å². The Kier molecular flexibility index (Phi) is 3.78. The summed E-state index contributed by atoms with van der Waals surface area (Å²) in [5.74, 6) is 0.0964. The Labute approximate surface area is 144 Å². The van der Waals surface area contributed by atoms with E-state index >= 15 is 0 Å². The van der Waals surface area contributed by atoms with E-state index in [0.29, 0.717) is 11.5 Å². The molecule has 25 heavy (non-hydrogen) atoms. The summed E-state index contributed by atoms with van der Waals surface area (Å²) in [4.78, 5) is 24.8. The summed E-state index contributed by atoms with van der Waals surface area (Å²) in [7, 11) is 0. The van der Waals surface area contributed by atoms with Crippen LogP contribution in [0, 0.1) is 0 Å². The smallest absolute Gasteiger partial charge is 0.249 e. The van der Waals surface area contributed by atoms with Gasteiger partial charge in [0.15, 0.2) is 0 Å². The minimum Gasteiger partial charge on any atom is -0.324 e. The lowest BCUT2D eigenvalue weighted by Gasteiger charge is -2.24. The van der Waals surface area contributed by atoms with Gasteiger partial charge in [-0.2, -0.15) is 5.10 Å². The minimum absolute atomic E-state index is 0.0571. The Hall–Kier alpha value is -3.41. The predicted octanol–water partition coefficient (Wildman–Crippen LogP) is 3.07. The van der Waals surface area contributed by atoms with Gasteiger partial charge in [0.25, 0.3) is 0 Å². The van der Waals surface area contributed by atoms with E-state index in [1.54, 1.807) is 23.0 Å². The van der Waals surface area contributed by atoms with Crippen molar-refractivity contribution in [2.75, 3.05) is 10.6 Å². The Bertz CT molecular complexity index is 919. The van der Waals surface area contributed by atoms with Crippen LogP contribution in [0.2, 0.25) is 0 Å². The fraction of sp³-hybridized carbons (Fsp3) is 0.105. The highest BCUT2D eigenvalue weighted by atomic mass is 16.2. The van der Waals surface area contributed by atoms with E-state index in [1.165, 1.54) is 0 Å². The molecule has 0 bridgehead atoms. The van der Waals surface area contributed by atoms with Gasteiger partial charge in [0.05, 0.1) is 12.6 Å². The molecule has 2 N–H and O–H groups in total. The number of rotatable bonds is 3. The number of para-hydroxylation sites is 1. The van der Waals surface area contributed by atoms with Gasteiger partial charge in [0.2, 0.25) is 11.8 Å². The molecule has 4 rings (SSSR count). The third-order valence-corrected chi connectivity index (χ3v) is 4.16. The lowest BCUT2D eigenvalue weighted by molar-refractivity contribution is -0.125. The molecule has 0 saturated carbocycles. The summed E-state index contributed by atoms with van der Waals surface area (Å²) in [6.07, 6.45) is 1.74. The Balaban J connectivity index is 1.67. The highest BCUT2D eigenvalue weighted by molar-refractivity contribution is 6.03. The second kappa shape index (κ2) is 6.24. The molecule has 124 valence electrons. The van der Waals surface area contributed by atoms with Gasteiger partial charge in [-0.1, -0.05) is 48.5 Å². The maximum absolute atomic E-state index is 12.7. The molecule has 0 saturated heterocycles. The maximum Gasteiger partial charge on any atom is 0.249 e. The van der Waals surface area contributed by atoms with Gasteiger partial charge in [0.1, 0.15) is 11.9 Å². The first-order valence-corrected chi connectivity index (χ1v) is 8.01. The summed E-state index contributed by atoms with van der Waals surface area (Å²) in [6.45, 7) is 0. The molecule has 3 aromatic rings. The van der Waals surface area contributed by atoms with Crippen LogP contribution in [-0.4, -0.2) is 21.6 Å². The molecule has 0 aliphatic carbocycles. The van der Waals surface area contributed by atoms with E-state index in [0.717, 1.165) is 11.1 Å². The van der Waals surface area contributed by atoms with Crippen LogP contribution < -0.4 is 10.6 Å². The van der Waals surface area contributed by atoms with Gasteiger partial charge in [-0.15, -0.1) is 0 Å². The third kappa shape index (κ3) is 2.89. The molecule has 2 heterocycles.